The lowest BCUT2D eigenvalue weighted by atomic mass is 9.98. The number of methoxy groups -OCH3 is 1. The molecule has 114 valence electrons. The lowest BCUT2D eigenvalue weighted by Gasteiger charge is -2.12. The van der Waals surface area contributed by atoms with Crippen molar-refractivity contribution in [2.45, 2.75) is 0 Å². The topological polar surface area (TPSA) is 136 Å². The van der Waals surface area contributed by atoms with Crippen LogP contribution >= 0.6 is 0 Å². The first-order chi connectivity index (χ1) is 10.6. The Morgan fingerprint density at radius 1 is 1.18 bits per heavy atom. The van der Waals surface area contributed by atoms with Crippen LogP contribution in [-0.2, 0) is 0 Å². The monoisotopic (exact) mass is 298 g/mol. The summed E-state index contributed by atoms with van der Waals surface area (Å²) in [5, 5.41) is 11.9. The lowest BCUT2D eigenvalue weighted by Crippen LogP contribution is -2.32. The van der Waals surface area contributed by atoms with E-state index in [2.05, 4.69) is 10.5 Å². The summed E-state index contributed by atoms with van der Waals surface area (Å²) >= 11 is 0. The van der Waals surface area contributed by atoms with Gasteiger partial charge in [0.2, 0.25) is 0 Å². The number of nitrogen functional groups attached to an aromatic ring is 1. The first-order valence-corrected chi connectivity index (χ1v) is 6.48. The summed E-state index contributed by atoms with van der Waals surface area (Å²) in [6.07, 6.45) is 0. The molecule has 0 spiro atoms. The molecule has 0 aliphatic rings. The summed E-state index contributed by atoms with van der Waals surface area (Å²) in [7, 11) is 1.58. The third-order valence-corrected chi connectivity index (χ3v) is 3.22. The number of ether oxygens (including phenoxy) is 1. The summed E-state index contributed by atoms with van der Waals surface area (Å²) in [4.78, 5) is 0. The molecule has 0 amide bonds. The highest BCUT2D eigenvalue weighted by Crippen LogP contribution is 2.21. The van der Waals surface area contributed by atoms with Gasteiger partial charge in [0.1, 0.15) is 5.75 Å². The van der Waals surface area contributed by atoms with E-state index in [-0.39, 0.29) is 5.71 Å². The summed E-state index contributed by atoms with van der Waals surface area (Å²) in [5.74, 6) is 11.6. The van der Waals surface area contributed by atoms with Crippen LogP contribution in [0.4, 0.5) is 5.69 Å². The Balaban J connectivity index is 2.46. The molecule has 22 heavy (non-hydrogen) atoms. The zero-order valence-electron chi connectivity index (χ0n) is 12.1. The largest absolute Gasteiger partial charge is 0.497 e. The minimum Gasteiger partial charge on any atom is -0.497 e. The molecule has 7 heteroatoms. The molecule has 2 aromatic rings. The van der Waals surface area contributed by atoms with Crippen molar-refractivity contribution < 1.29 is 4.74 Å². The molecule has 0 unspecified atom stereocenters. The number of nitrogens with zero attached hydrogens (tertiary/aromatic N) is 1. The normalized spacial score (nSPS) is 11.1. The van der Waals surface area contributed by atoms with Crippen LogP contribution in [0, 0.1) is 5.41 Å². The molecule has 2 aromatic carbocycles. The number of hydrogen-bond acceptors (Lipinski definition) is 6. The van der Waals surface area contributed by atoms with Gasteiger partial charge in [-0.15, -0.1) is 0 Å². The van der Waals surface area contributed by atoms with Gasteiger partial charge in [-0.3, -0.25) is 5.41 Å². The molecular weight excluding hydrogens is 280 g/mol. The maximum absolute atomic E-state index is 8.38. The van der Waals surface area contributed by atoms with Crippen LogP contribution in [0.1, 0.15) is 16.7 Å². The Bertz CT molecular complexity index is 726. The number of rotatable bonds is 4. The first kappa shape index (κ1) is 15.3. The van der Waals surface area contributed by atoms with Gasteiger partial charge >= 0.3 is 0 Å². The van der Waals surface area contributed by atoms with Crippen LogP contribution in [-0.4, -0.2) is 18.7 Å². The van der Waals surface area contributed by atoms with Crippen molar-refractivity contribution >= 4 is 17.2 Å². The van der Waals surface area contributed by atoms with Gasteiger partial charge in [-0.1, -0.05) is 12.1 Å². The van der Waals surface area contributed by atoms with Crippen LogP contribution in [0.3, 0.4) is 0 Å². The van der Waals surface area contributed by atoms with Crippen molar-refractivity contribution in [1.82, 2.24) is 5.43 Å². The number of nitrogens with one attached hydrogen (secondary N) is 2. The second kappa shape index (κ2) is 6.59. The van der Waals surface area contributed by atoms with E-state index in [4.69, 9.17) is 27.6 Å². The molecule has 0 atom stereocenters. The van der Waals surface area contributed by atoms with E-state index in [1.807, 2.05) is 18.2 Å². The summed E-state index contributed by atoms with van der Waals surface area (Å²) in [5.41, 5.74) is 11.0. The molecule has 0 heterocycles. The predicted molar refractivity (Wildman–Crippen MR) is 87.8 cm³/mol. The number of amidine groups is 1. The molecule has 0 radical (unpaired) electrons. The van der Waals surface area contributed by atoms with Gasteiger partial charge in [-0.05, 0) is 30.3 Å². The van der Waals surface area contributed by atoms with Crippen LogP contribution in [0.15, 0.2) is 47.6 Å². The summed E-state index contributed by atoms with van der Waals surface area (Å²) in [6, 6.07) is 12.3. The molecule has 0 bridgehead atoms. The minimum atomic E-state index is 0.270. The standard InChI is InChI=1S/C15H18N6O/c1-22-11-4-2-3-9(7-11)14(17)12-8-10(5-6-13(12)16)15(20-18)21-19/h2-8,17H,16,18-19H2,1H3,(H,20,21). The van der Waals surface area contributed by atoms with Crippen molar-refractivity contribution in [3.05, 3.63) is 59.2 Å². The molecular formula is C15H18N6O. The average molecular weight is 298 g/mol. The molecule has 0 fully saturated rings. The molecule has 0 aromatic heterocycles. The van der Waals surface area contributed by atoms with Crippen LogP contribution < -0.4 is 27.6 Å². The van der Waals surface area contributed by atoms with Gasteiger partial charge in [0.05, 0.1) is 12.8 Å². The van der Waals surface area contributed by atoms with Gasteiger partial charge in [0.15, 0.2) is 5.84 Å². The molecule has 0 saturated heterocycles. The van der Waals surface area contributed by atoms with E-state index in [1.54, 1.807) is 31.4 Å². The molecule has 2 rings (SSSR count). The van der Waals surface area contributed by atoms with Gasteiger partial charge < -0.3 is 21.7 Å². The second-order valence-corrected chi connectivity index (χ2v) is 4.53. The van der Waals surface area contributed by atoms with E-state index in [9.17, 15) is 0 Å². The smallest absolute Gasteiger partial charge is 0.166 e. The van der Waals surface area contributed by atoms with Gasteiger partial charge in [0, 0.05) is 22.4 Å². The molecule has 0 aliphatic carbocycles. The van der Waals surface area contributed by atoms with E-state index in [1.165, 1.54) is 0 Å². The minimum absolute atomic E-state index is 0.270. The number of anilines is 1. The van der Waals surface area contributed by atoms with E-state index in [0.29, 0.717) is 34.0 Å². The first-order valence-electron chi connectivity index (χ1n) is 6.48. The van der Waals surface area contributed by atoms with Crippen molar-refractivity contribution in [2.24, 2.45) is 16.8 Å². The number of hydrogen-bond donors (Lipinski definition) is 5. The predicted octanol–water partition coefficient (Wildman–Crippen LogP) is 0.777. The fourth-order valence-corrected chi connectivity index (χ4v) is 2.05. The number of benzene rings is 2. The van der Waals surface area contributed by atoms with Gasteiger partial charge in [-0.25, -0.2) is 5.84 Å². The highest BCUT2D eigenvalue weighted by molar-refractivity contribution is 6.15. The van der Waals surface area contributed by atoms with E-state index in [0.717, 1.165) is 0 Å². The summed E-state index contributed by atoms with van der Waals surface area (Å²) < 4.78 is 5.18. The van der Waals surface area contributed by atoms with Crippen molar-refractivity contribution in [2.75, 3.05) is 12.8 Å². The number of hydrazine groups is 1. The maximum Gasteiger partial charge on any atom is 0.166 e. The Labute approximate surface area is 128 Å². The Hall–Kier alpha value is -3.06. The highest BCUT2D eigenvalue weighted by Gasteiger charge is 2.12. The fraction of sp³-hybridized carbons (Fsp3) is 0.0667. The van der Waals surface area contributed by atoms with Gasteiger partial charge in [0.25, 0.3) is 0 Å². The second-order valence-electron chi connectivity index (χ2n) is 4.53. The fourth-order valence-electron chi connectivity index (χ4n) is 2.05. The molecule has 0 saturated carbocycles. The van der Waals surface area contributed by atoms with Crippen molar-refractivity contribution in [1.29, 1.82) is 5.41 Å². The Kier molecular flexibility index (Phi) is 4.60. The third kappa shape index (κ3) is 2.99. The third-order valence-electron chi connectivity index (χ3n) is 3.22. The van der Waals surface area contributed by atoms with Crippen LogP contribution in [0.5, 0.6) is 5.75 Å². The molecule has 7 nitrogen and oxygen atoms in total. The number of hydrazone groups is 1. The zero-order chi connectivity index (χ0) is 16.1. The van der Waals surface area contributed by atoms with Crippen molar-refractivity contribution in [3.8, 4) is 5.75 Å². The van der Waals surface area contributed by atoms with E-state index < -0.39 is 0 Å². The highest BCUT2D eigenvalue weighted by atomic mass is 16.5. The quantitative estimate of drug-likeness (QED) is 0.187. The van der Waals surface area contributed by atoms with Crippen LogP contribution in [0.25, 0.3) is 0 Å². The zero-order valence-corrected chi connectivity index (χ0v) is 12.1. The summed E-state index contributed by atoms with van der Waals surface area (Å²) in [6.45, 7) is 0. The molecule has 0 aliphatic heterocycles. The van der Waals surface area contributed by atoms with E-state index >= 15 is 0 Å². The lowest BCUT2D eigenvalue weighted by molar-refractivity contribution is 0.414. The maximum atomic E-state index is 8.38. The van der Waals surface area contributed by atoms with Gasteiger partial charge in [-0.2, -0.15) is 5.10 Å². The average Bonchev–Trinajstić information content (AvgIpc) is 2.56. The molecule has 8 N–H and O–H groups in total. The van der Waals surface area contributed by atoms with Crippen LogP contribution in [0.2, 0.25) is 0 Å². The SMILES string of the molecule is COc1cccc(C(=N)c2cc(/C(=N/N)NN)ccc2N)c1. The Morgan fingerprint density at radius 3 is 2.59 bits per heavy atom. The number of nitrogens with two attached hydrogens (primary N) is 3. The van der Waals surface area contributed by atoms with Crippen molar-refractivity contribution in [3.63, 3.8) is 0 Å². The Morgan fingerprint density at radius 2 is 1.95 bits per heavy atom.